The van der Waals surface area contributed by atoms with Gasteiger partial charge in [0, 0.05) is 17.1 Å². The third kappa shape index (κ3) is 4.88. The van der Waals surface area contributed by atoms with Crippen molar-refractivity contribution in [3.05, 3.63) is 47.4 Å². The molecule has 0 atom stereocenters. The molecule has 0 aliphatic rings. The molecule has 0 fully saturated rings. The molecular weight excluding hydrogens is 252 g/mol. The fraction of sp³-hybridized carbons (Fsp3) is 0.375. The second-order valence-electron chi connectivity index (χ2n) is 4.29. The van der Waals surface area contributed by atoms with Gasteiger partial charge < -0.3 is 9.47 Å². The van der Waals surface area contributed by atoms with Crippen molar-refractivity contribution < 1.29 is 9.47 Å². The van der Waals surface area contributed by atoms with E-state index in [-0.39, 0.29) is 0 Å². The largest absolute Gasteiger partial charge is 0.491 e. The van der Waals surface area contributed by atoms with Crippen LogP contribution in [-0.4, -0.2) is 24.2 Å². The van der Waals surface area contributed by atoms with E-state index in [1.165, 1.54) is 5.69 Å². The smallest absolute Gasteiger partial charge is 0.256 e. The molecule has 0 aliphatic heterocycles. The number of aromatic nitrogens is 2. The molecule has 0 aromatic carbocycles. The molecule has 2 aromatic heterocycles. The van der Waals surface area contributed by atoms with Gasteiger partial charge in [0.1, 0.15) is 0 Å². The molecule has 20 heavy (non-hydrogen) atoms. The summed E-state index contributed by atoms with van der Waals surface area (Å²) in [4.78, 5) is 8.41. The summed E-state index contributed by atoms with van der Waals surface area (Å²) >= 11 is 0. The number of aryl methyl sites for hydroxylation is 3. The molecule has 0 spiro atoms. The van der Waals surface area contributed by atoms with Gasteiger partial charge in [-0.05, 0) is 44.5 Å². The van der Waals surface area contributed by atoms with Crippen LogP contribution in [0.5, 0.6) is 11.6 Å². The normalized spacial score (nSPS) is 9.45. The summed E-state index contributed by atoms with van der Waals surface area (Å²) in [5.74, 6) is 1.20. The number of ether oxygens (including phenoxy) is 2. The number of hydrogen-bond donors (Lipinski definition) is 0. The van der Waals surface area contributed by atoms with Gasteiger partial charge in [-0.3, -0.25) is 4.98 Å². The molecule has 4 heteroatoms. The van der Waals surface area contributed by atoms with Crippen LogP contribution >= 0.6 is 0 Å². The molecule has 0 unspecified atom stereocenters. The van der Waals surface area contributed by atoms with Crippen molar-refractivity contribution in [3.63, 3.8) is 0 Å². The predicted molar refractivity (Wildman–Crippen MR) is 80.4 cm³/mol. The molecule has 2 rings (SSSR count). The Hall–Kier alpha value is -2.10. The zero-order valence-corrected chi connectivity index (χ0v) is 12.8. The lowest BCUT2D eigenvalue weighted by Crippen LogP contribution is -1.94. The second-order valence-corrected chi connectivity index (χ2v) is 4.29. The van der Waals surface area contributed by atoms with Gasteiger partial charge in [0.25, 0.3) is 5.88 Å². The van der Waals surface area contributed by atoms with Crippen LogP contribution < -0.4 is 9.47 Å². The van der Waals surface area contributed by atoms with Crippen molar-refractivity contribution >= 4 is 0 Å². The zero-order chi connectivity index (χ0) is 15.0. The summed E-state index contributed by atoms with van der Waals surface area (Å²) in [7, 11) is 3.17. The molecule has 108 valence electrons. The Morgan fingerprint density at radius 2 is 1.60 bits per heavy atom. The van der Waals surface area contributed by atoms with Gasteiger partial charge in [-0.1, -0.05) is 13.0 Å². The maximum atomic E-state index is 5.00. The highest BCUT2D eigenvalue weighted by Crippen LogP contribution is 2.23. The van der Waals surface area contributed by atoms with E-state index < -0.39 is 0 Å². The van der Waals surface area contributed by atoms with Crippen LogP contribution in [0.15, 0.2) is 30.3 Å². The standard InChI is InChI=1S/C8H11NO2.C8H11N/c1-6-4-5-7(10-2)8(9-6)11-3;1-3-8-6-4-5-7(2)9-8/h4-5H,1-3H3;4-6H,3H2,1-2H3. The molecule has 0 aliphatic carbocycles. The molecule has 0 radical (unpaired) electrons. The molecule has 0 N–H and O–H groups in total. The second kappa shape index (κ2) is 8.15. The lowest BCUT2D eigenvalue weighted by Gasteiger charge is -2.05. The molecule has 0 amide bonds. The quantitative estimate of drug-likeness (QED) is 0.861. The highest BCUT2D eigenvalue weighted by atomic mass is 16.5. The summed E-state index contributed by atoms with van der Waals surface area (Å²) in [6.45, 7) is 6.03. The first kappa shape index (κ1) is 16.0. The Morgan fingerprint density at radius 3 is 2.10 bits per heavy atom. The Bertz CT molecular complexity index is 542. The summed E-state index contributed by atoms with van der Waals surface area (Å²) in [5.41, 5.74) is 3.20. The minimum atomic E-state index is 0.535. The Kier molecular flexibility index (Phi) is 6.50. The predicted octanol–water partition coefficient (Wildman–Crippen LogP) is 3.36. The molecule has 2 heterocycles. The first-order valence-electron chi connectivity index (χ1n) is 6.58. The lowest BCUT2D eigenvalue weighted by molar-refractivity contribution is 0.342. The van der Waals surface area contributed by atoms with Crippen molar-refractivity contribution in [3.8, 4) is 11.6 Å². The highest BCUT2D eigenvalue weighted by Gasteiger charge is 2.02. The third-order valence-corrected chi connectivity index (χ3v) is 2.69. The number of methoxy groups -OCH3 is 2. The number of hydrogen-bond acceptors (Lipinski definition) is 4. The Labute approximate surface area is 120 Å². The highest BCUT2D eigenvalue weighted by molar-refractivity contribution is 5.34. The molecular formula is C16H22N2O2. The van der Waals surface area contributed by atoms with Crippen molar-refractivity contribution in [1.82, 2.24) is 9.97 Å². The number of rotatable bonds is 3. The monoisotopic (exact) mass is 274 g/mol. The number of pyridine rings is 2. The van der Waals surface area contributed by atoms with Gasteiger partial charge in [-0.2, -0.15) is 0 Å². The van der Waals surface area contributed by atoms with E-state index in [2.05, 4.69) is 16.9 Å². The van der Waals surface area contributed by atoms with Gasteiger partial charge >= 0.3 is 0 Å². The van der Waals surface area contributed by atoms with Crippen LogP contribution in [0.4, 0.5) is 0 Å². The van der Waals surface area contributed by atoms with Crippen molar-refractivity contribution in [2.24, 2.45) is 0 Å². The van der Waals surface area contributed by atoms with Gasteiger partial charge in [-0.15, -0.1) is 0 Å². The fourth-order valence-electron chi connectivity index (χ4n) is 1.62. The minimum absolute atomic E-state index is 0.535. The van der Waals surface area contributed by atoms with Gasteiger partial charge in [0.15, 0.2) is 5.75 Å². The van der Waals surface area contributed by atoms with Crippen LogP contribution in [0, 0.1) is 13.8 Å². The van der Waals surface area contributed by atoms with Crippen LogP contribution in [0.2, 0.25) is 0 Å². The SMILES string of the molecule is CCc1cccc(C)n1.COc1ccc(C)nc1OC. The van der Waals surface area contributed by atoms with Gasteiger partial charge in [-0.25, -0.2) is 4.98 Å². The topological polar surface area (TPSA) is 44.2 Å². The Balaban J connectivity index is 0.000000204. The van der Waals surface area contributed by atoms with E-state index >= 15 is 0 Å². The summed E-state index contributed by atoms with van der Waals surface area (Å²) in [6.07, 6.45) is 1.03. The Morgan fingerprint density at radius 1 is 0.900 bits per heavy atom. The van der Waals surface area contributed by atoms with Crippen molar-refractivity contribution in [2.75, 3.05) is 14.2 Å². The third-order valence-electron chi connectivity index (χ3n) is 2.69. The fourth-order valence-corrected chi connectivity index (χ4v) is 1.62. The van der Waals surface area contributed by atoms with Crippen LogP contribution in [0.1, 0.15) is 24.0 Å². The lowest BCUT2D eigenvalue weighted by atomic mass is 10.3. The summed E-state index contributed by atoms with van der Waals surface area (Å²) in [6, 6.07) is 9.82. The van der Waals surface area contributed by atoms with E-state index in [1.807, 2.05) is 44.2 Å². The zero-order valence-electron chi connectivity index (χ0n) is 12.8. The minimum Gasteiger partial charge on any atom is -0.491 e. The van der Waals surface area contributed by atoms with Crippen molar-refractivity contribution in [1.29, 1.82) is 0 Å². The van der Waals surface area contributed by atoms with Crippen LogP contribution in [0.25, 0.3) is 0 Å². The van der Waals surface area contributed by atoms with Crippen LogP contribution in [0.3, 0.4) is 0 Å². The summed E-state index contributed by atoms with van der Waals surface area (Å²) < 4.78 is 9.98. The average Bonchev–Trinajstić information content (AvgIpc) is 2.47. The van der Waals surface area contributed by atoms with Crippen molar-refractivity contribution in [2.45, 2.75) is 27.2 Å². The van der Waals surface area contributed by atoms with E-state index in [9.17, 15) is 0 Å². The maximum Gasteiger partial charge on any atom is 0.256 e. The first-order valence-corrected chi connectivity index (χ1v) is 6.58. The molecule has 2 aromatic rings. The van der Waals surface area contributed by atoms with Gasteiger partial charge in [0.2, 0.25) is 0 Å². The first-order chi connectivity index (χ1) is 9.60. The maximum absolute atomic E-state index is 5.00. The van der Waals surface area contributed by atoms with E-state index in [0.717, 1.165) is 17.8 Å². The summed E-state index contributed by atoms with van der Waals surface area (Å²) in [5, 5.41) is 0. The van der Waals surface area contributed by atoms with Gasteiger partial charge in [0.05, 0.1) is 14.2 Å². The van der Waals surface area contributed by atoms with E-state index in [0.29, 0.717) is 11.6 Å². The van der Waals surface area contributed by atoms with E-state index in [4.69, 9.17) is 9.47 Å². The van der Waals surface area contributed by atoms with Crippen LogP contribution in [-0.2, 0) is 6.42 Å². The molecule has 0 saturated heterocycles. The van der Waals surface area contributed by atoms with E-state index in [1.54, 1.807) is 14.2 Å². The molecule has 0 saturated carbocycles. The molecule has 4 nitrogen and oxygen atoms in total. The average molecular weight is 274 g/mol. The molecule has 0 bridgehead atoms. The number of nitrogens with zero attached hydrogens (tertiary/aromatic N) is 2.